The van der Waals surface area contributed by atoms with Crippen LogP contribution in [0.3, 0.4) is 0 Å². The fourth-order valence-electron chi connectivity index (χ4n) is 2.18. The molecule has 1 fully saturated rings. The van der Waals surface area contributed by atoms with Crippen LogP contribution in [0, 0.1) is 5.82 Å². The summed E-state index contributed by atoms with van der Waals surface area (Å²) < 4.78 is 12.8. The van der Waals surface area contributed by atoms with Crippen molar-refractivity contribution in [2.75, 3.05) is 31.1 Å². The molecule has 4 nitrogen and oxygen atoms in total. The van der Waals surface area contributed by atoms with E-state index in [9.17, 15) is 9.18 Å². The van der Waals surface area contributed by atoms with Crippen molar-refractivity contribution in [2.45, 2.75) is 13.0 Å². The lowest BCUT2D eigenvalue weighted by Gasteiger charge is -2.37. The summed E-state index contributed by atoms with van der Waals surface area (Å²) in [4.78, 5) is 15.0. The van der Waals surface area contributed by atoms with Gasteiger partial charge >= 0.3 is 5.97 Å². The van der Waals surface area contributed by atoms with Gasteiger partial charge in [-0.25, -0.2) is 4.39 Å². The molecule has 1 atom stereocenters. The summed E-state index contributed by atoms with van der Waals surface area (Å²) in [5, 5.41) is 8.95. The summed E-state index contributed by atoms with van der Waals surface area (Å²) in [6.45, 7) is 4.66. The number of anilines is 1. The molecule has 98 valence electrons. The maximum absolute atomic E-state index is 12.8. The Bertz CT molecular complexity index is 414. The molecule has 18 heavy (non-hydrogen) atoms. The third-order valence-corrected chi connectivity index (χ3v) is 3.41. The predicted octanol–water partition coefficient (Wildman–Crippen LogP) is 1.42. The second kappa shape index (κ2) is 5.35. The number of benzene rings is 1. The molecule has 1 aliphatic heterocycles. The summed E-state index contributed by atoms with van der Waals surface area (Å²) in [5.41, 5.74) is 0.985. The van der Waals surface area contributed by atoms with E-state index in [4.69, 9.17) is 5.11 Å². The first-order valence-electron chi connectivity index (χ1n) is 6.05. The average molecular weight is 252 g/mol. The summed E-state index contributed by atoms with van der Waals surface area (Å²) in [6.07, 6.45) is 0. The molecule has 0 aromatic heterocycles. The Balaban J connectivity index is 1.94. The minimum Gasteiger partial charge on any atom is -0.480 e. The van der Waals surface area contributed by atoms with Crippen molar-refractivity contribution in [2.24, 2.45) is 0 Å². The topological polar surface area (TPSA) is 43.8 Å². The first-order chi connectivity index (χ1) is 8.58. The van der Waals surface area contributed by atoms with Crippen molar-refractivity contribution in [3.8, 4) is 0 Å². The van der Waals surface area contributed by atoms with E-state index in [1.165, 1.54) is 12.1 Å². The van der Waals surface area contributed by atoms with Crippen molar-refractivity contribution in [1.82, 2.24) is 4.90 Å². The molecule has 0 radical (unpaired) electrons. The highest BCUT2D eigenvalue weighted by atomic mass is 19.1. The smallest absolute Gasteiger partial charge is 0.320 e. The Morgan fingerprint density at radius 1 is 1.22 bits per heavy atom. The summed E-state index contributed by atoms with van der Waals surface area (Å²) >= 11 is 0. The zero-order valence-electron chi connectivity index (χ0n) is 10.3. The van der Waals surface area contributed by atoms with E-state index < -0.39 is 12.0 Å². The molecule has 1 N–H and O–H groups in total. The van der Waals surface area contributed by atoms with Crippen LogP contribution in [0.5, 0.6) is 0 Å². The molecule has 0 saturated carbocycles. The van der Waals surface area contributed by atoms with E-state index in [2.05, 4.69) is 4.90 Å². The summed E-state index contributed by atoms with van der Waals surface area (Å²) in [6, 6.07) is 5.96. The molecule has 1 aromatic rings. The van der Waals surface area contributed by atoms with Gasteiger partial charge in [-0.15, -0.1) is 0 Å². The van der Waals surface area contributed by atoms with Gasteiger partial charge in [0.15, 0.2) is 0 Å². The fourth-order valence-corrected chi connectivity index (χ4v) is 2.18. The summed E-state index contributed by atoms with van der Waals surface area (Å²) in [7, 11) is 0. The molecular weight excluding hydrogens is 235 g/mol. The number of aliphatic carboxylic acids is 1. The molecule has 0 aliphatic carbocycles. The van der Waals surface area contributed by atoms with Gasteiger partial charge in [0.05, 0.1) is 0 Å². The number of carbonyl (C=O) groups is 1. The van der Waals surface area contributed by atoms with Gasteiger partial charge in [-0.1, -0.05) is 0 Å². The quantitative estimate of drug-likeness (QED) is 0.883. The number of carboxylic acids is 1. The molecule has 2 rings (SSSR count). The monoisotopic (exact) mass is 252 g/mol. The fraction of sp³-hybridized carbons (Fsp3) is 0.462. The van der Waals surface area contributed by atoms with Crippen LogP contribution in [0.4, 0.5) is 10.1 Å². The second-order valence-corrected chi connectivity index (χ2v) is 4.51. The maximum Gasteiger partial charge on any atom is 0.320 e. The number of hydrogen-bond donors (Lipinski definition) is 1. The number of rotatable bonds is 3. The Labute approximate surface area is 106 Å². The number of carboxylic acid groups (broad SMARTS) is 1. The molecule has 1 saturated heterocycles. The molecule has 1 aromatic carbocycles. The van der Waals surface area contributed by atoms with Gasteiger partial charge in [-0.2, -0.15) is 0 Å². The highest BCUT2D eigenvalue weighted by molar-refractivity contribution is 5.72. The van der Waals surface area contributed by atoms with Crippen molar-refractivity contribution in [3.63, 3.8) is 0 Å². The van der Waals surface area contributed by atoms with Crippen LogP contribution in [-0.4, -0.2) is 48.2 Å². The van der Waals surface area contributed by atoms with Crippen LogP contribution < -0.4 is 4.90 Å². The van der Waals surface area contributed by atoms with Crippen molar-refractivity contribution in [1.29, 1.82) is 0 Å². The molecule has 1 unspecified atom stereocenters. The zero-order valence-corrected chi connectivity index (χ0v) is 10.3. The first kappa shape index (κ1) is 12.8. The number of piperazine rings is 1. The largest absolute Gasteiger partial charge is 0.480 e. The molecule has 0 bridgehead atoms. The zero-order chi connectivity index (χ0) is 13.1. The molecule has 0 spiro atoms. The minimum atomic E-state index is -0.787. The minimum absolute atomic E-state index is 0.239. The van der Waals surface area contributed by atoms with E-state index in [0.717, 1.165) is 18.8 Å². The number of hydrogen-bond acceptors (Lipinski definition) is 3. The third kappa shape index (κ3) is 2.79. The van der Waals surface area contributed by atoms with Crippen LogP contribution >= 0.6 is 0 Å². The lowest BCUT2D eigenvalue weighted by Crippen LogP contribution is -2.51. The second-order valence-electron chi connectivity index (χ2n) is 4.51. The highest BCUT2D eigenvalue weighted by Gasteiger charge is 2.25. The molecular formula is C13H17FN2O2. The van der Waals surface area contributed by atoms with Crippen molar-refractivity contribution < 1.29 is 14.3 Å². The molecule has 1 aliphatic rings. The normalized spacial score (nSPS) is 18.7. The van der Waals surface area contributed by atoms with Crippen molar-refractivity contribution in [3.05, 3.63) is 30.1 Å². The van der Waals surface area contributed by atoms with E-state index in [-0.39, 0.29) is 5.82 Å². The van der Waals surface area contributed by atoms with E-state index >= 15 is 0 Å². The van der Waals surface area contributed by atoms with Crippen molar-refractivity contribution >= 4 is 11.7 Å². The highest BCUT2D eigenvalue weighted by Crippen LogP contribution is 2.17. The third-order valence-electron chi connectivity index (χ3n) is 3.41. The van der Waals surface area contributed by atoms with Gasteiger partial charge in [0.2, 0.25) is 0 Å². The van der Waals surface area contributed by atoms with E-state index in [0.29, 0.717) is 13.1 Å². The van der Waals surface area contributed by atoms with Crippen LogP contribution in [0.2, 0.25) is 0 Å². The van der Waals surface area contributed by atoms with Gasteiger partial charge in [0.25, 0.3) is 0 Å². The lowest BCUT2D eigenvalue weighted by atomic mass is 10.2. The predicted molar refractivity (Wildman–Crippen MR) is 67.3 cm³/mol. The van der Waals surface area contributed by atoms with Crippen LogP contribution in [-0.2, 0) is 4.79 Å². The van der Waals surface area contributed by atoms with Gasteiger partial charge in [0, 0.05) is 31.9 Å². The van der Waals surface area contributed by atoms with E-state index in [1.807, 2.05) is 4.90 Å². The first-order valence-corrected chi connectivity index (χ1v) is 6.05. The Morgan fingerprint density at radius 2 is 1.78 bits per heavy atom. The lowest BCUT2D eigenvalue weighted by molar-refractivity contribution is -0.142. The number of nitrogens with zero attached hydrogens (tertiary/aromatic N) is 2. The van der Waals surface area contributed by atoms with Gasteiger partial charge < -0.3 is 10.0 Å². The standard InChI is InChI=1S/C13H17FN2O2/c1-10(13(17)18)15-6-8-16(9-7-15)12-4-2-11(14)3-5-12/h2-5,10H,6-9H2,1H3,(H,17,18). The Kier molecular flexibility index (Phi) is 3.81. The summed E-state index contributed by atoms with van der Waals surface area (Å²) in [5.74, 6) is -1.03. The van der Waals surface area contributed by atoms with Crippen LogP contribution in [0.25, 0.3) is 0 Å². The Morgan fingerprint density at radius 3 is 2.28 bits per heavy atom. The maximum atomic E-state index is 12.8. The average Bonchev–Trinajstić information content (AvgIpc) is 2.39. The van der Waals surface area contributed by atoms with Crippen LogP contribution in [0.15, 0.2) is 24.3 Å². The Hall–Kier alpha value is -1.62. The van der Waals surface area contributed by atoms with Gasteiger partial charge in [-0.3, -0.25) is 9.69 Å². The SMILES string of the molecule is CC(C(=O)O)N1CCN(c2ccc(F)cc2)CC1. The molecule has 1 heterocycles. The van der Waals surface area contributed by atoms with Gasteiger partial charge in [0.1, 0.15) is 11.9 Å². The molecule has 0 amide bonds. The van der Waals surface area contributed by atoms with Gasteiger partial charge in [-0.05, 0) is 31.2 Å². The van der Waals surface area contributed by atoms with E-state index in [1.54, 1.807) is 19.1 Å². The van der Waals surface area contributed by atoms with Crippen LogP contribution in [0.1, 0.15) is 6.92 Å². The molecule has 5 heteroatoms. The number of halogens is 1.